The van der Waals surface area contributed by atoms with Crippen molar-refractivity contribution in [1.82, 2.24) is 24.4 Å². The van der Waals surface area contributed by atoms with Gasteiger partial charge in [-0.2, -0.15) is 13.2 Å². The zero-order valence-electron chi connectivity index (χ0n) is 20.1. The summed E-state index contributed by atoms with van der Waals surface area (Å²) in [4.78, 5) is 41.7. The Balaban J connectivity index is 1.13. The Morgan fingerprint density at radius 2 is 1.79 bits per heavy atom. The number of carbonyl (C=O) groups is 2. The number of likely N-dealkylation sites (tertiary alicyclic amines) is 1. The van der Waals surface area contributed by atoms with E-state index in [1.165, 1.54) is 17.4 Å². The van der Waals surface area contributed by atoms with Crippen LogP contribution in [-0.4, -0.2) is 55.9 Å². The molecule has 0 unspecified atom stereocenters. The third kappa shape index (κ3) is 4.53. The fraction of sp³-hybridized carbons (Fsp3) is 0.346. The van der Waals surface area contributed by atoms with Crippen molar-refractivity contribution in [2.45, 2.75) is 25.4 Å². The number of piperidine rings is 1. The van der Waals surface area contributed by atoms with E-state index in [0.717, 1.165) is 30.5 Å². The van der Waals surface area contributed by atoms with Gasteiger partial charge < -0.3 is 4.90 Å². The smallest absolute Gasteiger partial charge is 0.337 e. The molecular formula is C26H23F3N6O2S. The maximum absolute atomic E-state index is 12.9. The predicted octanol–water partition coefficient (Wildman–Crippen LogP) is 4.80. The molecule has 6 rings (SSSR count). The Kier molecular flexibility index (Phi) is 6.13. The van der Waals surface area contributed by atoms with Crippen LogP contribution in [0, 0.1) is 11.8 Å². The van der Waals surface area contributed by atoms with E-state index in [9.17, 15) is 22.8 Å². The predicted molar refractivity (Wildman–Crippen MR) is 135 cm³/mol. The van der Waals surface area contributed by atoms with E-state index in [-0.39, 0.29) is 17.7 Å². The number of carbonyl (C=O) groups excluding carboxylic acids is 2. The molecule has 8 nitrogen and oxygen atoms in total. The molecule has 0 N–H and O–H groups in total. The number of pyridine rings is 2. The number of nitrogens with zero attached hydrogens (tertiary/aromatic N) is 6. The third-order valence-corrected chi connectivity index (χ3v) is 8.19. The normalized spacial score (nSPS) is 19.0. The van der Waals surface area contributed by atoms with Crippen molar-refractivity contribution in [3.63, 3.8) is 0 Å². The average molecular weight is 541 g/mol. The molecule has 0 radical (unpaired) electrons. The van der Waals surface area contributed by atoms with Crippen LogP contribution in [0.4, 0.5) is 19.0 Å². The summed E-state index contributed by atoms with van der Waals surface area (Å²) in [5.41, 5.74) is -0.126. The van der Waals surface area contributed by atoms with E-state index < -0.39 is 11.7 Å². The van der Waals surface area contributed by atoms with Gasteiger partial charge in [0.2, 0.25) is 5.91 Å². The lowest BCUT2D eigenvalue weighted by atomic mass is 9.83. The molecule has 2 aliphatic heterocycles. The zero-order valence-corrected chi connectivity index (χ0v) is 21.0. The minimum absolute atomic E-state index is 0.0204. The number of amides is 2. The molecule has 4 aromatic rings. The molecule has 0 aromatic carbocycles. The minimum Gasteiger partial charge on any atom is -0.337 e. The van der Waals surface area contributed by atoms with Crippen molar-refractivity contribution in [3.8, 4) is 5.82 Å². The monoisotopic (exact) mass is 540 g/mol. The number of aromatic nitrogens is 4. The van der Waals surface area contributed by atoms with Crippen LogP contribution in [0.15, 0.2) is 54.4 Å². The van der Waals surface area contributed by atoms with Crippen molar-refractivity contribution < 1.29 is 22.8 Å². The van der Waals surface area contributed by atoms with E-state index in [1.54, 1.807) is 33.4 Å². The van der Waals surface area contributed by atoms with Crippen LogP contribution in [0.3, 0.4) is 0 Å². The lowest BCUT2D eigenvalue weighted by Gasteiger charge is -2.34. The molecule has 1 atom stereocenters. The molecular weight excluding hydrogens is 517 g/mol. The van der Waals surface area contributed by atoms with Gasteiger partial charge in [0.25, 0.3) is 5.91 Å². The molecule has 2 amide bonds. The lowest BCUT2D eigenvalue weighted by Crippen LogP contribution is -2.40. The maximum atomic E-state index is 12.9. The second-order valence-electron chi connectivity index (χ2n) is 9.63. The summed E-state index contributed by atoms with van der Waals surface area (Å²) in [6.07, 6.45) is 3.48. The zero-order chi connectivity index (χ0) is 26.4. The first kappa shape index (κ1) is 24.5. The van der Waals surface area contributed by atoms with E-state index in [2.05, 4.69) is 15.0 Å². The van der Waals surface area contributed by atoms with Crippen LogP contribution in [0.2, 0.25) is 0 Å². The minimum atomic E-state index is -4.45. The van der Waals surface area contributed by atoms with Crippen molar-refractivity contribution in [1.29, 1.82) is 0 Å². The largest absolute Gasteiger partial charge is 0.417 e. The molecule has 2 saturated heterocycles. The van der Waals surface area contributed by atoms with Gasteiger partial charge >= 0.3 is 6.18 Å². The van der Waals surface area contributed by atoms with Gasteiger partial charge in [0.15, 0.2) is 5.01 Å². The lowest BCUT2D eigenvalue weighted by molar-refractivity contribution is -0.137. The van der Waals surface area contributed by atoms with E-state index in [1.807, 2.05) is 17.0 Å². The highest BCUT2D eigenvalue weighted by atomic mass is 32.1. The van der Waals surface area contributed by atoms with E-state index in [4.69, 9.17) is 0 Å². The number of hydrogen-bond acceptors (Lipinski definition) is 6. The highest BCUT2D eigenvalue weighted by molar-refractivity contribution is 7.11. The van der Waals surface area contributed by atoms with Crippen LogP contribution in [0.1, 0.15) is 34.6 Å². The summed E-state index contributed by atoms with van der Waals surface area (Å²) in [5.74, 6) is 1.43. The first-order valence-corrected chi connectivity index (χ1v) is 13.2. The van der Waals surface area contributed by atoms with Gasteiger partial charge in [-0.3, -0.25) is 19.1 Å². The number of anilines is 1. The fourth-order valence-electron chi connectivity index (χ4n) is 5.38. The number of halogens is 3. The Bertz CT molecular complexity index is 1480. The van der Waals surface area contributed by atoms with Crippen LogP contribution in [0.25, 0.3) is 16.7 Å². The second-order valence-corrected chi connectivity index (χ2v) is 10.5. The number of thiazole rings is 1. The Morgan fingerprint density at radius 1 is 1.00 bits per heavy atom. The van der Waals surface area contributed by atoms with E-state index >= 15 is 0 Å². The molecule has 0 bridgehead atoms. The molecule has 0 spiro atoms. The Labute approximate surface area is 219 Å². The van der Waals surface area contributed by atoms with Crippen LogP contribution >= 0.6 is 11.3 Å². The van der Waals surface area contributed by atoms with Crippen molar-refractivity contribution in [2.75, 3.05) is 24.5 Å². The fourth-order valence-corrected chi connectivity index (χ4v) is 5.98. The van der Waals surface area contributed by atoms with Gasteiger partial charge in [-0.25, -0.2) is 15.0 Å². The van der Waals surface area contributed by atoms with Gasteiger partial charge in [-0.1, -0.05) is 0 Å². The molecule has 0 saturated carbocycles. The first-order chi connectivity index (χ1) is 18.3. The van der Waals surface area contributed by atoms with Gasteiger partial charge in [0, 0.05) is 55.4 Å². The van der Waals surface area contributed by atoms with Gasteiger partial charge in [0.1, 0.15) is 11.6 Å². The summed E-state index contributed by atoms with van der Waals surface area (Å²) in [5, 5.41) is 3.11. The van der Waals surface area contributed by atoms with Gasteiger partial charge in [0.05, 0.1) is 17.3 Å². The van der Waals surface area contributed by atoms with Crippen molar-refractivity contribution in [3.05, 3.63) is 65.0 Å². The summed E-state index contributed by atoms with van der Waals surface area (Å²) < 4.78 is 40.3. The maximum Gasteiger partial charge on any atom is 0.417 e. The van der Waals surface area contributed by atoms with Crippen LogP contribution in [0.5, 0.6) is 0 Å². The Hall–Kier alpha value is -3.80. The standard InChI is InChI=1S/C26H23F3N6O2S/c27-26(28,29)19-1-2-21(31-13-19)34-9-5-17-11-22(32-14-20(17)34)35-15-18(12-23(35)36)16-3-7-33(8-4-16)25(37)24-30-6-10-38-24/h1-2,5-6,9-11,13-14,16,18H,3-4,7-8,12,15H2/t18-/m1/s1. The SMILES string of the molecule is O=C(c1nccs1)N1CCC([C@@H]2CC(=O)N(c3cc4ccn(-c5ccc(C(F)(F)F)cn5)c4cn3)C2)CC1. The molecule has 4 aromatic heterocycles. The third-order valence-electron chi connectivity index (χ3n) is 7.42. The molecule has 38 heavy (non-hydrogen) atoms. The Morgan fingerprint density at radius 3 is 2.47 bits per heavy atom. The van der Waals surface area contributed by atoms with Crippen LogP contribution in [-0.2, 0) is 11.0 Å². The second kappa shape index (κ2) is 9.50. The summed E-state index contributed by atoms with van der Waals surface area (Å²) in [6, 6.07) is 5.97. The molecule has 2 fully saturated rings. The molecule has 196 valence electrons. The number of hydrogen-bond donors (Lipinski definition) is 0. The molecule has 0 aliphatic carbocycles. The van der Waals surface area contributed by atoms with Crippen LogP contribution < -0.4 is 4.90 Å². The highest BCUT2D eigenvalue weighted by Crippen LogP contribution is 2.35. The topological polar surface area (TPSA) is 84.2 Å². The number of alkyl halides is 3. The van der Waals surface area contributed by atoms with Gasteiger partial charge in [-0.15, -0.1) is 11.3 Å². The van der Waals surface area contributed by atoms with E-state index in [0.29, 0.717) is 54.1 Å². The van der Waals surface area contributed by atoms with Crippen molar-refractivity contribution in [2.24, 2.45) is 11.8 Å². The van der Waals surface area contributed by atoms with Crippen molar-refractivity contribution >= 4 is 39.9 Å². The molecule has 2 aliphatic rings. The summed E-state index contributed by atoms with van der Waals surface area (Å²) in [7, 11) is 0. The molecule has 6 heterocycles. The van der Waals surface area contributed by atoms with Gasteiger partial charge in [-0.05, 0) is 48.9 Å². The number of rotatable bonds is 4. The summed E-state index contributed by atoms with van der Waals surface area (Å²) in [6.45, 7) is 1.89. The number of fused-ring (bicyclic) bond motifs is 1. The summed E-state index contributed by atoms with van der Waals surface area (Å²) >= 11 is 1.34. The average Bonchev–Trinajstić information content (AvgIpc) is 3.68. The first-order valence-electron chi connectivity index (χ1n) is 12.3. The quantitative estimate of drug-likeness (QED) is 0.371. The highest BCUT2D eigenvalue weighted by Gasteiger charge is 2.38. The molecule has 12 heteroatoms.